The number of hydrogen-bond donors (Lipinski definition) is 3. The Hall–Kier alpha value is -1.61. The molecule has 0 radical (unpaired) electrons. The number of nitrogens with zero attached hydrogens (tertiary/aromatic N) is 1. The predicted molar refractivity (Wildman–Crippen MR) is 57.3 cm³/mol. The lowest BCUT2D eigenvalue weighted by atomic mass is 10.2. The highest BCUT2D eigenvalue weighted by atomic mass is 16.2. The van der Waals surface area contributed by atoms with Gasteiger partial charge in [-0.05, 0) is 6.42 Å². The van der Waals surface area contributed by atoms with Crippen LogP contribution in [0.5, 0.6) is 0 Å². The molecule has 1 atom stereocenters. The van der Waals surface area contributed by atoms with Crippen LogP contribution in [-0.4, -0.2) is 37.5 Å². The lowest BCUT2D eigenvalue weighted by molar-refractivity contribution is -0.120. The second-order valence-corrected chi connectivity index (χ2v) is 3.69. The molecule has 2 amide bonds. The molecule has 0 aromatic rings. The van der Waals surface area contributed by atoms with Gasteiger partial charge in [-0.15, -0.1) is 0 Å². The smallest absolute Gasteiger partial charge is 0.233 e. The van der Waals surface area contributed by atoms with Crippen molar-refractivity contribution in [1.82, 2.24) is 16.0 Å². The Balaban J connectivity index is 2.00. The highest BCUT2D eigenvalue weighted by molar-refractivity contribution is 5.79. The van der Waals surface area contributed by atoms with Gasteiger partial charge in [-0.3, -0.25) is 9.59 Å². The van der Waals surface area contributed by atoms with Gasteiger partial charge in [0.05, 0.1) is 19.0 Å². The van der Waals surface area contributed by atoms with Crippen molar-refractivity contribution in [3.05, 3.63) is 0 Å². The maximum absolute atomic E-state index is 11.2. The molecular formula is C10H16N4O2. The molecule has 1 aliphatic heterocycles. The number of carbonyl (C=O) groups is 2. The average molecular weight is 224 g/mol. The summed E-state index contributed by atoms with van der Waals surface area (Å²) in [6.45, 7) is 1.21. The van der Waals surface area contributed by atoms with Gasteiger partial charge in [0, 0.05) is 25.6 Å². The highest BCUT2D eigenvalue weighted by Crippen LogP contribution is 2.04. The van der Waals surface area contributed by atoms with Crippen molar-refractivity contribution in [2.75, 3.05) is 19.6 Å². The number of hydrogen-bond acceptors (Lipinski definition) is 4. The molecule has 6 heteroatoms. The molecule has 1 aliphatic rings. The van der Waals surface area contributed by atoms with E-state index in [0.29, 0.717) is 25.9 Å². The van der Waals surface area contributed by atoms with Crippen molar-refractivity contribution in [2.24, 2.45) is 0 Å². The summed E-state index contributed by atoms with van der Waals surface area (Å²) in [7, 11) is 0. The number of rotatable bonds is 6. The van der Waals surface area contributed by atoms with Crippen LogP contribution in [0.3, 0.4) is 0 Å². The van der Waals surface area contributed by atoms with E-state index in [1.165, 1.54) is 0 Å². The standard InChI is InChI=1S/C10H16N4O2/c11-4-1-5-13-10(16)7-12-6-8-2-3-9(15)14-8/h8,12H,1-3,5-7H2,(H,13,16)(H,14,15). The van der Waals surface area contributed by atoms with Gasteiger partial charge in [0.1, 0.15) is 0 Å². The van der Waals surface area contributed by atoms with Crippen molar-refractivity contribution in [2.45, 2.75) is 25.3 Å². The first kappa shape index (κ1) is 12.5. The van der Waals surface area contributed by atoms with Gasteiger partial charge in [-0.1, -0.05) is 0 Å². The Morgan fingerprint density at radius 2 is 2.44 bits per heavy atom. The third-order valence-electron chi connectivity index (χ3n) is 2.32. The van der Waals surface area contributed by atoms with Crippen LogP contribution in [0.1, 0.15) is 19.3 Å². The van der Waals surface area contributed by atoms with E-state index in [1.54, 1.807) is 0 Å². The third-order valence-corrected chi connectivity index (χ3v) is 2.32. The summed E-state index contributed by atoms with van der Waals surface area (Å²) in [6, 6.07) is 2.08. The summed E-state index contributed by atoms with van der Waals surface area (Å²) >= 11 is 0. The Labute approximate surface area is 94.4 Å². The minimum Gasteiger partial charge on any atom is -0.354 e. The first-order valence-electron chi connectivity index (χ1n) is 5.36. The summed E-state index contributed by atoms with van der Waals surface area (Å²) in [5.41, 5.74) is 0. The van der Waals surface area contributed by atoms with Crippen molar-refractivity contribution < 1.29 is 9.59 Å². The maximum atomic E-state index is 11.2. The van der Waals surface area contributed by atoms with Gasteiger partial charge in [0.2, 0.25) is 11.8 Å². The summed E-state index contributed by atoms with van der Waals surface area (Å²) in [5.74, 6) is -0.0511. The van der Waals surface area contributed by atoms with Gasteiger partial charge >= 0.3 is 0 Å². The van der Waals surface area contributed by atoms with Gasteiger partial charge in [-0.25, -0.2) is 0 Å². The van der Waals surface area contributed by atoms with Gasteiger partial charge in [-0.2, -0.15) is 5.26 Å². The summed E-state index contributed by atoms with van der Waals surface area (Å²) in [5, 5.41) is 16.6. The molecule has 3 N–H and O–H groups in total. The predicted octanol–water partition coefficient (Wildman–Crippen LogP) is -1.12. The molecule has 1 heterocycles. The van der Waals surface area contributed by atoms with Crippen molar-refractivity contribution >= 4 is 11.8 Å². The second kappa shape index (κ2) is 6.80. The minimum atomic E-state index is -0.125. The zero-order valence-electron chi connectivity index (χ0n) is 9.08. The van der Waals surface area contributed by atoms with Crippen LogP contribution in [0.2, 0.25) is 0 Å². The van der Waals surface area contributed by atoms with E-state index in [-0.39, 0.29) is 24.4 Å². The zero-order chi connectivity index (χ0) is 11.8. The van der Waals surface area contributed by atoms with E-state index in [9.17, 15) is 9.59 Å². The highest BCUT2D eigenvalue weighted by Gasteiger charge is 2.19. The van der Waals surface area contributed by atoms with E-state index in [2.05, 4.69) is 16.0 Å². The van der Waals surface area contributed by atoms with E-state index < -0.39 is 0 Å². The van der Waals surface area contributed by atoms with Crippen LogP contribution < -0.4 is 16.0 Å². The molecule has 1 rings (SSSR count). The number of nitriles is 1. The molecule has 0 bridgehead atoms. The molecule has 0 aromatic carbocycles. The Morgan fingerprint density at radius 1 is 1.62 bits per heavy atom. The average Bonchev–Trinajstić information content (AvgIpc) is 2.65. The molecule has 6 nitrogen and oxygen atoms in total. The molecular weight excluding hydrogens is 208 g/mol. The molecule has 1 fully saturated rings. The lowest BCUT2D eigenvalue weighted by Crippen LogP contribution is -2.40. The Kier molecular flexibility index (Phi) is 5.29. The molecule has 16 heavy (non-hydrogen) atoms. The van der Waals surface area contributed by atoms with Crippen molar-refractivity contribution in [1.29, 1.82) is 5.26 Å². The fourth-order valence-electron chi connectivity index (χ4n) is 1.51. The van der Waals surface area contributed by atoms with E-state index in [0.717, 1.165) is 6.42 Å². The monoisotopic (exact) mass is 224 g/mol. The lowest BCUT2D eigenvalue weighted by Gasteiger charge is -2.10. The van der Waals surface area contributed by atoms with Crippen LogP contribution >= 0.6 is 0 Å². The van der Waals surface area contributed by atoms with Crippen LogP contribution in [0, 0.1) is 11.3 Å². The van der Waals surface area contributed by atoms with Crippen molar-refractivity contribution in [3.8, 4) is 6.07 Å². The SMILES string of the molecule is N#CCCNC(=O)CNCC1CCC(=O)N1. The quantitative estimate of drug-likeness (QED) is 0.498. The summed E-state index contributed by atoms with van der Waals surface area (Å²) in [6.07, 6.45) is 1.72. The summed E-state index contributed by atoms with van der Waals surface area (Å²) in [4.78, 5) is 22.1. The molecule has 88 valence electrons. The Bertz CT molecular complexity index is 298. The van der Waals surface area contributed by atoms with Crippen molar-refractivity contribution in [3.63, 3.8) is 0 Å². The number of carbonyl (C=O) groups excluding carboxylic acids is 2. The van der Waals surface area contributed by atoms with E-state index in [4.69, 9.17) is 5.26 Å². The first-order chi connectivity index (χ1) is 7.72. The topological polar surface area (TPSA) is 94.0 Å². The van der Waals surface area contributed by atoms with Gasteiger partial charge in [0.15, 0.2) is 0 Å². The first-order valence-corrected chi connectivity index (χ1v) is 5.36. The minimum absolute atomic E-state index is 0.0743. The molecule has 0 aromatic heterocycles. The third kappa shape index (κ3) is 4.75. The van der Waals surface area contributed by atoms with Gasteiger partial charge < -0.3 is 16.0 Å². The largest absolute Gasteiger partial charge is 0.354 e. The maximum Gasteiger partial charge on any atom is 0.233 e. The Morgan fingerprint density at radius 3 is 3.06 bits per heavy atom. The second-order valence-electron chi connectivity index (χ2n) is 3.69. The van der Waals surface area contributed by atoms with E-state index in [1.807, 2.05) is 6.07 Å². The van der Waals surface area contributed by atoms with E-state index >= 15 is 0 Å². The summed E-state index contributed by atoms with van der Waals surface area (Å²) < 4.78 is 0. The van der Waals surface area contributed by atoms with Crippen LogP contribution in [-0.2, 0) is 9.59 Å². The molecule has 1 unspecified atom stereocenters. The number of amides is 2. The molecule has 0 spiro atoms. The molecule has 1 saturated heterocycles. The molecule has 0 saturated carbocycles. The fraction of sp³-hybridized carbons (Fsp3) is 0.700. The molecule has 0 aliphatic carbocycles. The van der Waals surface area contributed by atoms with Crippen LogP contribution in [0.4, 0.5) is 0 Å². The van der Waals surface area contributed by atoms with Crippen LogP contribution in [0.15, 0.2) is 0 Å². The van der Waals surface area contributed by atoms with Crippen LogP contribution in [0.25, 0.3) is 0 Å². The van der Waals surface area contributed by atoms with Gasteiger partial charge in [0.25, 0.3) is 0 Å². The number of nitrogens with one attached hydrogen (secondary N) is 3. The normalized spacial score (nSPS) is 18.9. The zero-order valence-corrected chi connectivity index (χ0v) is 9.08. The fourth-order valence-corrected chi connectivity index (χ4v) is 1.51.